The molecule has 2 aliphatic rings. The third kappa shape index (κ3) is 3.28. The summed E-state index contributed by atoms with van der Waals surface area (Å²) in [5.41, 5.74) is 18.8. The third-order valence-corrected chi connectivity index (χ3v) is 5.33. The highest BCUT2D eigenvalue weighted by atomic mass is 32.1. The average molecular weight is 374 g/mol. The molecule has 0 unspecified atom stereocenters. The lowest BCUT2D eigenvalue weighted by atomic mass is 9.91. The maximum Gasteiger partial charge on any atom is 0.0564 e. The van der Waals surface area contributed by atoms with E-state index in [4.69, 9.17) is 23.7 Å². The van der Waals surface area contributed by atoms with Gasteiger partial charge in [-0.05, 0) is 59.2 Å². The molecular formula is C23H23N3S. The number of hydrogen-bond acceptors (Lipinski definition) is 4. The fourth-order valence-electron chi connectivity index (χ4n) is 3.88. The van der Waals surface area contributed by atoms with E-state index in [1.54, 1.807) is 0 Å². The van der Waals surface area contributed by atoms with Crippen LogP contribution < -0.4 is 21.9 Å². The van der Waals surface area contributed by atoms with Gasteiger partial charge in [-0.1, -0.05) is 54.7 Å². The minimum Gasteiger partial charge on any atom is -0.399 e. The number of benzene rings is 2. The van der Waals surface area contributed by atoms with Gasteiger partial charge in [-0.15, -0.1) is 0 Å². The summed E-state index contributed by atoms with van der Waals surface area (Å²) in [5, 5.41) is 4.24. The first-order valence-electron chi connectivity index (χ1n) is 9.26. The van der Waals surface area contributed by atoms with Crippen molar-refractivity contribution in [3.05, 3.63) is 88.1 Å². The SMILES string of the molecule is NC1=CCC2=c3ccc(N)cc3=C(c3ccccc3)N(CCCC=S)C2=C1. The molecule has 1 aliphatic carbocycles. The molecule has 3 nitrogen and oxygen atoms in total. The molecule has 4 rings (SSSR count). The molecular weight excluding hydrogens is 350 g/mol. The van der Waals surface area contributed by atoms with Crippen LogP contribution in [0.15, 0.2) is 72.1 Å². The molecule has 0 saturated heterocycles. The number of unbranched alkanes of at least 4 members (excludes halogenated alkanes) is 1. The molecule has 0 atom stereocenters. The number of anilines is 1. The fourth-order valence-corrected chi connectivity index (χ4v) is 4.04. The van der Waals surface area contributed by atoms with Gasteiger partial charge in [0, 0.05) is 28.8 Å². The van der Waals surface area contributed by atoms with E-state index in [1.165, 1.54) is 33.0 Å². The summed E-state index contributed by atoms with van der Waals surface area (Å²) in [4.78, 5) is 2.39. The lowest BCUT2D eigenvalue weighted by Crippen LogP contribution is -2.43. The van der Waals surface area contributed by atoms with Crippen LogP contribution in [0.5, 0.6) is 0 Å². The molecule has 2 aromatic rings. The Labute approximate surface area is 165 Å². The molecule has 4 heteroatoms. The maximum atomic E-state index is 6.18. The van der Waals surface area contributed by atoms with E-state index >= 15 is 0 Å². The van der Waals surface area contributed by atoms with Crippen molar-refractivity contribution in [1.29, 1.82) is 0 Å². The van der Waals surface area contributed by atoms with E-state index in [-0.39, 0.29) is 0 Å². The molecule has 4 N–H and O–H groups in total. The molecule has 2 aromatic carbocycles. The van der Waals surface area contributed by atoms with Crippen LogP contribution >= 0.6 is 12.2 Å². The molecule has 0 aromatic heterocycles. The van der Waals surface area contributed by atoms with Crippen molar-refractivity contribution in [2.24, 2.45) is 5.73 Å². The highest BCUT2D eigenvalue weighted by Crippen LogP contribution is 2.33. The smallest absolute Gasteiger partial charge is 0.0564 e. The zero-order valence-corrected chi connectivity index (χ0v) is 16.0. The van der Waals surface area contributed by atoms with Gasteiger partial charge in [-0.3, -0.25) is 0 Å². The first-order valence-corrected chi connectivity index (χ1v) is 9.73. The Morgan fingerprint density at radius 1 is 1.04 bits per heavy atom. The number of nitrogen functional groups attached to an aromatic ring is 1. The molecule has 0 fully saturated rings. The van der Waals surface area contributed by atoms with Gasteiger partial charge in [0.2, 0.25) is 0 Å². The minimum absolute atomic E-state index is 0.778. The zero-order valence-electron chi connectivity index (χ0n) is 15.2. The quantitative estimate of drug-likeness (QED) is 0.481. The van der Waals surface area contributed by atoms with Crippen LogP contribution in [0.1, 0.15) is 24.8 Å². The maximum absolute atomic E-state index is 6.18. The molecule has 136 valence electrons. The van der Waals surface area contributed by atoms with E-state index in [0.717, 1.165) is 37.2 Å². The predicted octanol–water partition coefficient (Wildman–Crippen LogP) is 2.80. The lowest BCUT2D eigenvalue weighted by molar-refractivity contribution is 0.486. The van der Waals surface area contributed by atoms with E-state index < -0.39 is 0 Å². The van der Waals surface area contributed by atoms with Gasteiger partial charge in [-0.2, -0.15) is 0 Å². The van der Waals surface area contributed by atoms with Crippen molar-refractivity contribution in [3.8, 4) is 0 Å². The Morgan fingerprint density at radius 3 is 2.63 bits per heavy atom. The van der Waals surface area contributed by atoms with E-state index in [2.05, 4.69) is 53.5 Å². The number of hydrogen-bond donors (Lipinski definition) is 2. The lowest BCUT2D eigenvalue weighted by Gasteiger charge is -2.36. The number of allylic oxidation sites excluding steroid dienone is 3. The summed E-state index contributed by atoms with van der Waals surface area (Å²) in [6.45, 7) is 0.883. The summed E-state index contributed by atoms with van der Waals surface area (Å²) in [6, 6.07) is 16.7. The van der Waals surface area contributed by atoms with Gasteiger partial charge in [-0.25, -0.2) is 0 Å². The van der Waals surface area contributed by atoms with Crippen LogP contribution in [0.25, 0.3) is 11.3 Å². The van der Waals surface area contributed by atoms with Crippen LogP contribution in [0.3, 0.4) is 0 Å². The van der Waals surface area contributed by atoms with Crippen molar-refractivity contribution in [2.75, 3.05) is 12.3 Å². The Balaban J connectivity index is 2.03. The van der Waals surface area contributed by atoms with Crippen LogP contribution in [0.2, 0.25) is 0 Å². The summed E-state index contributed by atoms with van der Waals surface area (Å²) >= 11 is 5.04. The zero-order chi connectivity index (χ0) is 18.8. The standard InChI is InChI=1S/C23H23N3S/c24-17-8-10-19-20-11-9-18(25)15-22(20)26(12-4-5-13-27)23(21(19)14-17)16-6-2-1-3-7-16/h1-3,6-10,13-15H,4-5,11-12,24-25H2. The largest absolute Gasteiger partial charge is 0.399 e. The first-order chi connectivity index (χ1) is 13.2. The van der Waals surface area contributed by atoms with E-state index in [9.17, 15) is 0 Å². The molecule has 0 amide bonds. The second-order valence-corrected chi connectivity index (χ2v) is 7.23. The highest BCUT2D eigenvalue weighted by molar-refractivity contribution is 7.78. The van der Waals surface area contributed by atoms with E-state index in [0.29, 0.717) is 0 Å². The summed E-state index contributed by atoms with van der Waals surface area (Å²) < 4.78 is 0. The second kappa shape index (κ2) is 7.41. The van der Waals surface area contributed by atoms with E-state index in [1.807, 2.05) is 17.5 Å². The van der Waals surface area contributed by atoms with Crippen LogP contribution in [-0.4, -0.2) is 16.8 Å². The van der Waals surface area contributed by atoms with Crippen molar-refractivity contribution >= 4 is 34.5 Å². The molecule has 0 saturated carbocycles. The van der Waals surface area contributed by atoms with Crippen molar-refractivity contribution < 1.29 is 0 Å². The number of rotatable bonds is 5. The van der Waals surface area contributed by atoms with Crippen molar-refractivity contribution in [2.45, 2.75) is 19.3 Å². The second-order valence-electron chi connectivity index (χ2n) is 6.90. The topological polar surface area (TPSA) is 55.3 Å². The number of nitrogens with two attached hydrogens (primary N) is 2. The normalized spacial score (nSPS) is 15.6. The molecule has 1 aliphatic heterocycles. The Kier molecular flexibility index (Phi) is 4.82. The molecule has 1 heterocycles. The van der Waals surface area contributed by atoms with Crippen LogP contribution in [-0.2, 0) is 0 Å². The van der Waals surface area contributed by atoms with Gasteiger partial charge in [0.15, 0.2) is 0 Å². The summed E-state index contributed by atoms with van der Waals surface area (Å²) in [7, 11) is 0. The number of fused-ring (bicyclic) bond motifs is 2. The monoisotopic (exact) mass is 373 g/mol. The van der Waals surface area contributed by atoms with Crippen molar-refractivity contribution in [3.63, 3.8) is 0 Å². The fraction of sp³-hybridized carbons (Fsp3) is 0.174. The Bertz CT molecular complexity index is 1060. The van der Waals surface area contributed by atoms with Gasteiger partial charge >= 0.3 is 0 Å². The highest BCUT2D eigenvalue weighted by Gasteiger charge is 2.26. The number of nitrogens with zero attached hydrogens (tertiary/aromatic N) is 1. The Hall–Kier alpha value is -2.85. The average Bonchev–Trinajstić information content (AvgIpc) is 2.68. The molecule has 0 radical (unpaired) electrons. The van der Waals surface area contributed by atoms with Crippen LogP contribution in [0.4, 0.5) is 5.69 Å². The van der Waals surface area contributed by atoms with Crippen molar-refractivity contribution in [1.82, 2.24) is 4.90 Å². The summed E-state index contributed by atoms with van der Waals surface area (Å²) in [5.74, 6) is 0. The minimum atomic E-state index is 0.778. The first kappa shape index (κ1) is 17.6. The molecule has 0 spiro atoms. The summed E-state index contributed by atoms with van der Waals surface area (Å²) in [6.07, 6.45) is 6.91. The van der Waals surface area contributed by atoms with Gasteiger partial charge < -0.3 is 16.4 Å². The van der Waals surface area contributed by atoms with Gasteiger partial charge in [0.1, 0.15) is 0 Å². The van der Waals surface area contributed by atoms with Gasteiger partial charge in [0.25, 0.3) is 0 Å². The number of thiocarbonyl (C=S) groups is 1. The molecule has 0 bridgehead atoms. The Morgan fingerprint density at radius 2 is 1.85 bits per heavy atom. The van der Waals surface area contributed by atoms with Crippen LogP contribution in [0, 0.1) is 0 Å². The predicted molar refractivity (Wildman–Crippen MR) is 117 cm³/mol. The molecule has 27 heavy (non-hydrogen) atoms. The van der Waals surface area contributed by atoms with Gasteiger partial charge in [0.05, 0.1) is 5.70 Å². The third-order valence-electron chi connectivity index (χ3n) is 5.09.